The molecule has 1 aromatic heterocycles. The molecule has 0 unspecified atom stereocenters. The molecule has 0 radical (unpaired) electrons. The van der Waals surface area contributed by atoms with E-state index >= 15 is 0 Å². The van der Waals surface area contributed by atoms with Crippen molar-refractivity contribution in [1.82, 2.24) is 10.2 Å². The molecule has 0 saturated heterocycles. The Labute approximate surface area is 90.9 Å². The lowest BCUT2D eigenvalue weighted by molar-refractivity contribution is 0.331. The first-order valence-corrected chi connectivity index (χ1v) is 5.98. The third-order valence-electron chi connectivity index (χ3n) is 2.24. The maximum Gasteiger partial charge on any atom is 0.0325 e. The Morgan fingerprint density at radius 2 is 2.07 bits per heavy atom. The van der Waals surface area contributed by atoms with Crippen LogP contribution in [-0.2, 0) is 13.0 Å². The van der Waals surface area contributed by atoms with Crippen LogP contribution in [0.3, 0.4) is 0 Å². The van der Waals surface area contributed by atoms with Crippen LogP contribution in [0, 0.1) is 0 Å². The van der Waals surface area contributed by atoms with E-state index in [1.165, 1.54) is 9.75 Å². The van der Waals surface area contributed by atoms with Crippen molar-refractivity contribution < 1.29 is 0 Å². The summed E-state index contributed by atoms with van der Waals surface area (Å²) in [5, 5.41) is 3.16. The van der Waals surface area contributed by atoms with Crippen molar-refractivity contribution >= 4 is 11.3 Å². The maximum absolute atomic E-state index is 3.16. The molecule has 1 N–H and O–H groups in total. The molecule has 0 aliphatic heterocycles. The molecule has 0 atom stereocenters. The van der Waals surface area contributed by atoms with Crippen LogP contribution in [0.5, 0.6) is 0 Å². The van der Waals surface area contributed by atoms with E-state index in [2.05, 4.69) is 36.3 Å². The maximum atomic E-state index is 3.16. The molecule has 80 valence electrons. The van der Waals surface area contributed by atoms with Crippen molar-refractivity contribution in [3.05, 3.63) is 21.9 Å². The minimum Gasteiger partial charge on any atom is -0.318 e. The quantitative estimate of drug-likeness (QED) is 0.775. The smallest absolute Gasteiger partial charge is 0.0325 e. The van der Waals surface area contributed by atoms with Crippen LogP contribution in [0.4, 0.5) is 0 Å². The zero-order valence-corrected chi connectivity index (χ0v) is 10.2. The highest BCUT2D eigenvalue weighted by Gasteiger charge is 2.02. The van der Waals surface area contributed by atoms with Crippen molar-refractivity contribution in [2.24, 2.45) is 0 Å². The minimum atomic E-state index is 1.06. The molecule has 0 bridgehead atoms. The largest absolute Gasteiger partial charge is 0.318 e. The molecule has 0 saturated carbocycles. The van der Waals surface area contributed by atoms with Crippen LogP contribution in [0.15, 0.2) is 12.1 Å². The summed E-state index contributed by atoms with van der Waals surface area (Å²) in [4.78, 5) is 5.31. The van der Waals surface area contributed by atoms with Gasteiger partial charge in [0, 0.05) is 29.4 Å². The number of nitrogens with zero attached hydrogens (tertiary/aromatic N) is 1. The SMILES string of the molecule is CCc1ccc(CN(C)CCNC)s1. The first kappa shape index (κ1) is 11.7. The third kappa shape index (κ3) is 3.78. The zero-order chi connectivity index (χ0) is 10.4. The van der Waals surface area contributed by atoms with Gasteiger partial charge in [-0.05, 0) is 32.6 Å². The van der Waals surface area contributed by atoms with E-state index in [1.54, 1.807) is 0 Å². The van der Waals surface area contributed by atoms with E-state index in [0.29, 0.717) is 0 Å². The van der Waals surface area contributed by atoms with Crippen LogP contribution < -0.4 is 5.32 Å². The van der Waals surface area contributed by atoms with Gasteiger partial charge in [-0.15, -0.1) is 11.3 Å². The summed E-state index contributed by atoms with van der Waals surface area (Å²) < 4.78 is 0. The number of likely N-dealkylation sites (N-methyl/N-ethyl adjacent to an activating group) is 2. The second-order valence-electron chi connectivity index (χ2n) is 3.56. The van der Waals surface area contributed by atoms with E-state index < -0.39 is 0 Å². The van der Waals surface area contributed by atoms with Gasteiger partial charge in [0.25, 0.3) is 0 Å². The Morgan fingerprint density at radius 1 is 1.36 bits per heavy atom. The fourth-order valence-corrected chi connectivity index (χ4v) is 2.38. The Bertz CT molecular complexity index is 258. The predicted octanol–water partition coefficient (Wildman–Crippen LogP) is 1.96. The fourth-order valence-electron chi connectivity index (χ4n) is 1.35. The molecule has 1 aromatic rings. The van der Waals surface area contributed by atoms with Crippen LogP contribution in [-0.4, -0.2) is 32.1 Å². The van der Waals surface area contributed by atoms with Crippen molar-refractivity contribution in [1.29, 1.82) is 0 Å². The van der Waals surface area contributed by atoms with Crippen LogP contribution in [0.2, 0.25) is 0 Å². The normalized spacial score (nSPS) is 11.1. The summed E-state index contributed by atoms with van der Waals surface area (Å²) in [6, 6.07) is 4.49. The summed E-state index contributed by atoms with van der Waals surface area (Å²) in [7, 11) is 4.16. The summed E-state index contributed by atoms with van der Waals surface area (Å²) in [5.74, 6) is 0. The fraction of sp³-hybridized carbons (Fsp3) is 0.636. The highest BCUT2D eigenvalue weighted by molar-refractivity contribution is 7.11. The molecule has 0 fully saturated rings. The molecule has 0 aliphatic carbocycles. The number of aryl methyl sites for hydroxylation is 1. The number of hydrogen-bond acceptors (Lipinski definition) is 3. The monoisotopic (exact) mass is 212 g/mol. The summed E-state index contributed by atoms with van der Waals surface area (Å²) in [6.07, 6.45) is 1.16. The predicted molar refractivity (Wildman–Crippen MR) is 64.0 cm³/mol. The van der Waals surface area contributed by atoms with E-state index in [-0.39, 0.29) is 0 Å². The van der Waals surface area contributed by atoms with Crippen molar-refractivity contribution in [3.63, 3.8) is 0 Å². The zero-order valence-electron chi connectivity index (χ0n) is 9.34. The first-order chi connectivity index (χ1) is 6.76. The third-order valence-corrected chi connectivity index (χ3v) is 3.45. The van der Waals surface area contributed by atoms with Crippen molar-refractivity contribution in [3.8, 4) is 0 Å². The van der Waals surface area contributed by atoms with E-state index in [0.717, 1.165) is 26.1 Å². The average molecular weight is 212 g/mol. The number of hydrogen-bond donors (Lipinski definition) is 1. The van der Waals surface area contributed by atoms with Crippen molar-refractivity contribution in [2.75, 3.05) is 27.2 Å². The van der Waals surface area contributed by atoms with Gasteiger partial charge in [0.05, 0.1) is 0 Å². The second-order valence-corrected chi connectivity index (χ2v) is 4.82. The molecule has 1 heterocycles. The van der Waals surface area contributed by atoms with E-state index in [4.69, 9.17) is 0 Å². The van der Waals surface area contributed by atoms with Gasteiger partial charge in [0.1, 0.15) is 0 Å². The number of rotatable bonds is 6. The molecule has 0 spiro atoms. The van der Waals surface area contributed by atoms with Crippen LogP contribution in [0.1, 0.15) is 16.7 Å². The van der Waals surface area contributed by atoms with E-state index in [9.17, 15) is 0 Å². The van der Waals surface area contributed by atoms with Gasteiger partial charge in [-0.1, -0.05) is 6.92 Å². The van der Waals surface area contributed by atoms with Crippen molar-refractivity contribution in [2.45, 2.75) is 19.9 Å². The number of thiophene rings is 1. The standard InChI is InChI=1S/C11H20N2S/c1-4-10-5-6-11(14-10)9-13(3)8-7-12-2/h5-6,12H,4,7-9H2,1-3H3. The lowest BCUT2D eigenvalue weighted by Crippen LogP contribution is -2.26. The van der Waals surface area contributed by atoms with Gasteiger partial charge >= 0.3 is 0 Å². The van der Waals surface area contributed by atoms with E-state index in [1.807, 2.05) is 18.4 Å². The number of nitrogens with one attached hydrogen (secondary N) is 1. The molecule has 14 heavy (non-hydrogen) atoms. The van der Waals surface area contributed by atoms with Gasteiger partial charge in [0.15, 0.2) is 0 Å². The summed E-state index contributed by atoms with van der Waals surface area (Å²) in [5.41, 5.74) is 0. The lowest BCUT2D eigenvalue weighted by Gasteiger charge is -2.14. The van der Waals surface area contributed by atoms with Gasteiger partial charge < -0.3 is 10.2 Å². The highest BCUT2D eigenvalue weighted by Crippen LogP contribution is 2.17. The molecule has 0 aromatic carbocycles. The molecular formula is C11H20N2S. The summed E-state index contributed by atoms with van der Waals surface area (Å²) in [6.45, 7) is 5.45. The Kier molecular flexibility index (Phi) is 5.15. The van der Waals surface area contributed by atoms with Gasteiger partial charge in [-0.3, -0.25) is 0 Å². The minimum absolute atomic E-state index is 1.06. The molecule has 3 heteroatoms. The van der Waals surface area contributed by atoms with Gasteiger partial charge in [0.2, 0.25) is 0 Å². The highest BCUT2D eigenvalue weighted by atomic mass is 32.1. The topological polar surface area (TPSA) is 15.3 Å². The lowest BCUT2D eigenvalue weighted by atomic mass is 10.3. The van der Waals surface area contributed by atoms with Gasteiger partial charge in [-0.25, -0.2) is 0 Å². The molecule has 2 nitrogen and oxygen atoms in total. The van der Waals surface area contributed by atoms with Crippen LogP contribution >= 0.6 is 11.3 Å². The molecule has 0 aliphatic rings. The second kappa shape index (κ2) is 6.17. The summed E-state index contributed by atoms with van der Waals surface area (Å²) >= 11 is 1.93. The Morgan fingerprint density at radius 3 is 2.64 bits per heavy atom. The first-order valence-electron chi connectivity index (χ1n) is 5.17. The molecular weight excluding hydrogens is 192 g/mol. The van der Waals surface area contributed by atoms with Gasteiger partial charge in [-0.2, -0.15) is 0 Å². The van der Waals surface area contributed by atoms with Crippen LogP contribution in [0.25, 0.3) is 0 Å². The molecule has 0 amide bonds. The Balaban J connectivity index is 2.35. The Hall–Kier alpha value is -0.380. The molecule has 1 rings (SSSR count). The average Bonchev–Trinajstić information content (AvgIpc) is 2.62.